The Morgan fingerprint density at radius 1 is 1.29 bits per heavy atom. The predicted octanol–water partition coefficient (Wildman–Crippen LogP) is 2.55. The number of thiazole rings is 1. The third-order valence-corrected chi connectivity index (χ3v) is 4.08. The zero-order valence-corrected chi connectivity index (χ0v) is 13.6. The molecule has 0 spiro atoms. The van der Waals surface area contributed by atoms with E-state index in [2.05, 4.69) is 15.0 Å². The van der Waals surface area contributed by atoms with Crippen LogP contribution in [0.25, 0.3) is 10.6 Å². The van der Waals surface area contributed by atoms with Crippen LogP contribution in [0.1, 0.15) is 16.2 Å². The lowest BCUT2D eigenvalue weighted by Gasteiger charge is -2.03. The number of carbonyl (C=O) groups excluding carboxylic acids is 1. The summed E-state index contributed by atoms with van der Waals surface area (Å²) >= 11 is 1.46. The number of carbonyl (C=O) groups is 1. The van der Waals surface area contributed by atoms with Crippen LogP contribution >= 0.6 is 11.3 Å². The highest BCUT2D eigenvalue weighted by molar-refractivity contribution is 7.13. The van der Waals surface area contributed by atoms with E-state index in [0.717, 1.165) is 16.3 Å². The number of hydrogen-bond acceptors (Lipinski definition) is 8. The van der Waals surface area contributed by atoms with Crippen molar-refractivity contribution in [1.29, 1.82) is 0 Å². The highest BCUT2D eigenvalue weighted by Crippen LogP contribution is 2.27. The molecule has 0 aliphatic heterocycles. The second-order valence-corrected chi connectivity index (χ2v) is 5.60. The minimum absolute atomic E-state index is 0.000693. The zero-order valence-electron chi connectivity index (χ0n) is 12.8. The largest absolute Gasteiger partial charge is 0.497 e. The Balaban J connectivity index is 1.68. The molecule has 3 rings (SSSR count). The molecule has 0 bridgehead atoms. The fourth-order valence-electron chi connectivity index (χ4n) is 1.98. The maximum Gasteiger partial charge on any atom is 0.361 e. The van der Waals surface area contributed by atoms with Crippen molar-refractivity contribution >= 4 is 23.1 Å². The molecular weight excluding hydrogens is 328 g/mol. The topological polar surface area (TPSA) is 100 Å². The average Bonchev–Trinajstić information content (AvgIpc) is 3.09. The van der Waals surface area contributed by atoms with Crippen molar-refractivity contribution in [3.8, 4) is 16.3 Å². The molecule has 2 aromatic heterocycles. The normalized spacial score (nSPS) is 10.4. The highest BCUT2D eigenvalue weighted by Gasteiger charge is 2.14. The molecule has 0 unspecified atom stereocenters. The van der Waals surface area contributed by atoms with Gasteiger partial charge in [-0.1, -0.05) is 12.1 Å². The van der Waals surface area contributed by atoms with Crippen LogP contribution in [0.3, 0.4) is 0 Å². The molecule has 0 radical (unpaired) electrons. The molecule has 2 heterocycles. The Morgan fingerprint density at radius 3 is 2.92 bits per heavy atom. The fourth-order valence-corrected chi connectivity index (χ4v) is 2.78. The van der Waals surface area contributed by atoms with Crippen LogP contribution in [-0.4, -0.2) is 28.0 Å². The first kappa shape index (κ1) is 15.9. The monoisotopic (exact) mass is 342 g/mol. The van der Waals surface area contributed by atoms with Gasteiger partial charge < -0.3 is 15.2 Å². The highest BCUT2D eigenvalue weighted by atomic mass is 32.1. The van der Waals surface area contributed by atoms with E-state index in [1.165, 1.54) is 23.7 Å². The molecular formula is C16H14N4O3S. The summed E-state index contributed by atoms with van der Waals surface area (Å²) in [6.07, 6.45) is 2.80. The maximum atomic E-state index is 12.0. The van der Waals surface area contributed by atoms with Crippen LogP contribution < -0.4 is 10.5 Å². The first-order valence-electron chi connectivity index (χ1n) is 7.00. The van der Waals surface area contributed by atoms with Crippen LogP contribution in [0.4, 0.5) is 5.82 Å². The van der Waals surface area contributed by atoms with Gasteiger partial charge in [-0.3, -0.25) is 0 Å². The van der Waals surface area contributed by atoms with Gasteiger partial charge in [0, 0.05) is 23.3 Å². The molecule has 7 nitrogen and oxygen atoms in total. The summed E-state index contributed by atoms with van der Waals surface area (Å²) in [6, 6.07) is 7.60. The Bertz CT molecular complexity index is 866. The van der Waals surface area contributed by atoms with E-state index in [4.69, 9.17) is 15.2 Å². The summed E-state index contributed by atoms with van der Waals surface area (Å²) < 4.78 is 10.4. The van der Waals surface area contributed by atoms with Gasteiger partial charge >= 0.3 is 5.97 Å². The second kappa shape index (κ2) is 7.05. The maximum absolute atomic E-state index is 12.0. The summed E-state index contributed by atoms with van der Waals surface area (Å²) in [5, 5.41) is 2.65. The number of aromatic nitrogens is 3. The number of methoxy groups -OCH3 is 1. The lowest BCUT2D eigenvalue weighted by Crippen LogP contribution is -2.11. The Morgan fingerprint density at radius 2 is 2.12 bits per heavy atom. The third kappa shape index (κ3) is 3.49. The first-order chi connectivity index (χ1) is 11.7. The lowest BCUT2D eigenvalue weighted by atomic mass is 10.2. The van der Waals surface area contributed by atoms with Gasteiger partial charge in [0.25, 0.3) is 0 Å². The zero-order chi connectivity index (χ0) is 16.9. The van der Waals surface area contributed by atoms with Crippen molar-refractivity contribution in [2.75, 3.05) is 12.8 Å². The summed E-state index contributed by atoms with van der Waals surface area (Å²) in [5.41, 5.74) is 7.19. The number of hydrogen-bond donors (Lipinski definition) is 1. The summed E-state index contributed by atoms with van der Waals surface area (Å²) in [5.74, 6) is 0.170. The Kier molecular flexibility index (Phi) is 4.66. The second-order valence-electron chi connectivity index (χ2n) is 4.74. The van der Waals surface area contributed by atoms with Crippen LogP contribution in [-0.2, 0) is 11.3 Å². The lowest BCUT2D eigenvalue weighted by molar-refractivity contribution is 0.0462. The van der Waals surface area contributed by atoms with Gasteiger partial charge in [-0.25, -0.2) is 19.7 Å². The molecule has 0 saturated heterocycles. The van der Waals surface area contributed by atoms with E-state index in [9.17, 15) is 4.79 Å². The molecule has 0 atom stereocenters. The molecule has 3 aromatic rings. The van der Waals surface area contributed by atoms with Crippen LogP contribution in [0.2, 0.25) is 0 Å². The molecule has 8 heteroatoms. The molecule has 1 aromatic carbocycles. The van der Waals surface area contributed by atoms with Gasteiger partial charge in [0.15, 0.2) is 11.5 Å². The molecule has 0 aliphatic rings. The summed E-state index contributed by atoms with van der Waals surface area (Å²) in [4.78, 5) is 24.1. The molecule has 0 fully saturated rings. The minimum atomic E-state index is -0.628. The van der Waals surface area contributed by atoms with Crippen molar-refractivity contribution in [3.05, 3.63) is 53.4 Å². The summed E-state index contributed by atoms with van der Waals surface area (Å²) in [6.45, 7) is 0.0370. The number of anilines is 1. The van der Waals surface area contributed by atoms with Gasteiger partial charge in [-0.2, -0.15) is 0 Å². The predicted molar refractivity (Wildman–Crippen MR) is 89.7 cm³/mol. The number of esters is 1. The van der Waals surface area contributed by atoms with E-state index in [1.807, 2.05) is 29.6 Å². The number of nitrogens with two attached hydrogens (primary N) is 1. The Hall–Kier alpha value is -3.00. The van der Waals surface area contributed by atoms with E-state index < -0.39 is 5.97 Å². The standard InChI is InChI=1S/C16H14N4O3S/c1-22-12-4-2-3-10(7-12)15-20-11(9-24-15)8-23-16(21)13-14(17)19-6-5-18-13/h2-7,9H,8H2,1H3,(H2,17,19). The quantitative estimate of drug-likeness (QED) is 0.711. The average molecular weight is 342 g/mol. The van der Waals surface area contributed by atoms with Crippen molar-refractivity contribution in [2.24, 2.45) is 0 Å². The molecule has 0 saturated carbocycles. The van der Waals surface area contributed by atoms with E-state index in [0.29, 0.717) is 5.69 Å². The SMILES string of the molecule is COc1cccc(-c2nc(COC(=O)c3nccnc3N)cs2)c1. The number of benzene rings is 1. The van der Waals surface area contributed by atoms with Gasteiger partial charge in [-0.15, -0.1) is 11.3 Å². The van der Waals surface area contributed by atoms with Crippen LogP contribution in [0.15, 0.2) is 42.0 Å². The smallest absolute Gasteiger partial charge is 0.361 e. The number of rotatable bonds is 5. The van der Waals surface area contributed by atoms with Gasteiger partial charge in [-0.05, 0) is 12.1 Å². The number of nitrogens with zero attached hydrogens (tertiary/aromatic N) is 3. The Labute approximate surface area is 142 Å². The molecule has 0 aliphatic carbocycles. The number of nitrogen functional groups attached to an aromatic ring is 1. The fraction of sp³-hybridized carbons (Fsp3) is 0.125. The van der Waals surface area contributed by atoms with E-state index in [1.54, 1.807) is 7.11 Å². The molecule has 24 heavy (non-hydrogen) atoms. The van der Waals surface area contributed by atoms with E-state index >= 15 is 0 Å². The van der Waals surface area contributed by atoms with Gasteiger partial charge in [0.05, 0.1) is 12.8 Å². The van der Waals surface area contributed by atoms with Crippen molar-refractivity contribution in [2.45, 2.75) is 6.61 Å². The first-order valence-corrected chi connectivity index (χ1v) is 7.88. The van der Waals surface area contributed by atoms with Crippen molar-refractivity contribution in [3.63, 3.8) is 0 Å². The third-order valence-electron chi connectivity index (χ3n) is 3.14. The van der Waals surface area contributed by atoms with Gasteiger partial charge in [0.2, 0.25) is 0 Å². The van der Waals surface area contributed by atoms with Crippen LogP contribution in [0.5, 0.6) is 5.75 Å². The van der Waals surface area contributed by atoms with E-state index in [-0.39, 0.29) is 18.1 Å². The summed E-state index contributed by atoms with van der Waals surface area (Å²) in [7, 11) is 1.62. The van der Waals surface area contributed by atoms with Crippen molar-refractivity contribution in [1.82, 2.24) is 15.0 Å². The van der Waals surface area contributed by atoms with Crippen LogP contribution in [0, 0.1) is 0 Å². The number of ether oxygens (including phenoxy) is 2. The molecule has 0 amide bonds. The minimum Gasteiger partial charge on any atom is -0.497 e. The molecule has 122 valence electrons. The van der Waals surface area contributed by atoms with Crippen molar-refractivity contribution < 1.29 is 14.3 Å². The van der Waals surface area contributed by atoms with Gasteiger partial charge in [0.1, 0.15) is 17.4 Å². The molecule has 2 N–H and O–H groups in total.